The molecule has 0 fully saturated rings. The summed E-state index contributed by atoms with van der Waals surface area (Å²) in [6.07, 6.45) is -16.5. The maximum atomic E-state index is 12.8. The van der Waals surface area contributed by atoms with Gasteiger partial charge in [-0.3, -0.25) is 35.6 Å². The molecule has 0 heterocycles. The van der Waals surface area contributed by atoms with E-state index in [1.165, 1.54) is 5.48 Å². The molecular weight excluding hydrogens is 854 g/mol. The summed E-state index contributed by atoms with van der Waals surface area (Å²) in [7, 11) is 0. The van der Waals surface area contributed by atoms with Crippen LogP contribution < -0.4 is 26.5 Å². The van der Waals surface area contributed by atoms with Crippen molar-refractivity contribution in [1.82, 2.24) is 11.0 Å². The van der Waals surface area contributed by atoms with Crippen molar-refractivity contribution in [2.75, 3.05) is 0 Å². The molecular formula is C31H32F10N6O13. The predicted octanol–water partition coefficient (Wildman–Crippen LogP) is 8.95. The molecule has 3 rings (SSSR count). The Morgan fingerprint density at radius 3 is 1.25 bits per heavy atom. The minimum atomic E-state index is -4.92. The summed E-state index contributed by atoms with van der Waals surface area (Å²) in [5.74, 6) is 1.63. The number of carbonyl (C=O) groups is 2. The number of nitrogens with one attached hydrogen (secondary N) is 2. The SMILES string of the molecule is CC(C)(C)OC(=O)NO.CC(C)(C)OC(=O)NOc1ccc([N+](=O)[O-])cc1C(F)(F)F.NOc1ccc([N+](=O)[O-])cc1C(F)(F)F.O=[N+]([O-])c1ccc(F)c(C(F)(F)F)c1. The van der Waals surface area contributed by atoms with Crippen LogP contribution in [0.5, 0.6) is 11.5 Å². The molecule has 334 valence electrons. The van der Waals surface area contributed by atoms with Crippen molar-refractivity contribution in [3.63, 3.8) is 0 Å². The fourth-order valence-electron chi connectivity index (χ4n) is 3.44. The van der Waals surface area contributed by atoms with Crippen LogP contribution in [0.2, 0.25) is 0 Å². The van der Waals surface area contributed by atoms with Crippen molar-refractivity contribution < 1.29 is 92.6 Å². The van der Waals surface area contributed by atoms with Crippen LogP contribution in [0, 0.1) is 36.2 Å². The minimum Gasteiger partial charge on any atom is -0.442 e. The number of amides is 2. The van der Waals surface area contributed by atoms with Crippen LogP contribution in [-0.2, 0) is 28.0 Å². The largest absolute Gasteiger partial charge is 0.442 e. The Morgan fingerprint density at radius 1 is 0.600 bits per heavy atom. The molecule has 0 aliphatic rings. The van der Waals surface area contributed by atoms with Gasteiger partial charge in [-0.15, -0.1) is 0 Å². The van der Waals surface area contributed by atoms with E-state index in [-0.39, 0.29) is 6.07 Å². The number of hydrogen-bond donors (Lipinski definition) is 4. The number of hydroxylamine groups is 2. The van der Waals surface area contributed by atoms with Gasteiger partial charge in [0.2, 0.25) is 0 Å². The second-order valence-electron chi connectivity index (χ2n) is 12.7. The zero-order valence-electron chi connectivity index (χ0n) is 31.2. The third-order valence-electron chi connectivity index (χ3n) is 5.69. The summed E-state index contributed by atoms with van der Waals surface area (Å²) in [5, 5.41) is 38.8. The second kappa shape index (κ2) is 21.3. The van der Waals surface area contributed by atoms with Crippen molar-refractivity contribution in [1.29, 1.82) is 0 Å². The maximum Gasteiger partial charge on any atom is 0.441 e. The topological polar surface area (TPSA) is 271 Å². The highest BCUT2D eigenvalue weighted by Gasteiger charge is 2.38. The number of carbonyl (C=O) groups excluding carboxylic acids is 2. The number of rotatable bonds is 6. The van der Waals surface area contributed by atoms with E-state index in [0.717, 1.165) is 24.3 Å². The zero-order chi connectivity index (χ0) is 47.2. The number of nitrogens with zero attached hydrogens (tertiary/aromatic N) is 3. The van der Waals surface area contributed by atoms with Gasteiger partial charge in [0.05, 0.1) is 20.3 Å². The van der Waals surface area contributed by atoms with Gasteiger partial charge in [0, 0.05) is 36.4 Å². The lowest BCUT2D eigenvalue weighted by Gasteiger charge is -2.20. The Bertz CT molecular complexity index is 1980. The lowest BCUT2D eigenvalue weighted by molar-refractivity contribution is -0.385. The highest BCUT2D eigenvalue weighted by Crippen LogP contribution is 2.39. The van der Waals surface area contributed by atoms with Crippen molar-refractivity contribution in [3.05, 3.63) is 107 Å². The number of nitrogens with two attached hydrogens (primary N) is 1. The minimum absolute atomic E-state index is 0.162. The first kappa shape index (κ1) is 53.2. The van der Waals surface area contributed by atoms with Crippen LogP contribution in [0.25, 0.3) is 0 Å². The monoisotopic (exact) mass is 886 g/mol. The maximum absolute atomic E-state index is 12.8. The number of ether oxygens (including phenoxy) is 2. The third kappa shape index (κ3) is 19.6. The molecule has 0 spiro atoms. The van der Waals surface area contributed by atoms with Crippen molar-refractivity contribution in [3.8, 4) is 11.5 Å². The fraction of sp³-hybridized carbons (Fsp3) is 0.355. The van der Waals surface area contributed by atoms with Crippen molar-refractivity contribution in [2.24, 2.45) is 5.90 Å². The number of hydrogen-bond acceptors (Lipinski definition) is 14. The van der Waals surface area contributed by atoms with Crippen molar-refractivity contribution >= 4 is 29.2 Å². The number of nitro benzene ring substituents is 3. The number of nitro groups is 3. The second-order valence-corrected chi connectivity index (χ2v) is 12.7. The van der Waals surface area contributed by atoms with E-state index < -0.39 is 108 Å². The lowest BCUT2D eigenvalue weighted by Crippen LogP contribution is -2.34. The molecule has 19 nitrogen and oxygen atoms in total. The van der Waals surface area contributed by atoms with E-state index >= 15 is 0 Å². The van der Waals surface area contributed by atoms with Crippen LogP contribution >= 0.6 is 0 Å². The lowest BCUT2D eigenvalue weighted by atomic mass is 10.1. The molecule has 0 radical (unpaired) electrons. The molecule has 29 heteroatoms. The van der Waals surface area contributed by atoms with Gasteiger partial charge in [-0.2, -0.15) is 50.9 Å². The molecule has 2 amide bonds. The van der Waals surface area contributed by atoms with Crippen molar-refractivity contribution in [2.45, 2.75) is 71.3 Å². The quantitative estimate of drug-likeness (QED) is 0.0779. The Balaban J connectivity index is 0.000000810. The van der Waals surface area contributed by atoms with Crippen LogP contribution in [-0.4, -0.2) is 43.4 Å². The number of benzene rings is 3. The Kier molecular flexibility index (Phi) is 18.9. The van der Waals surface area contributed by atoms with Gasteiger partial charge in [0.1, 0.15) is 28.1 Å². The molecule has 0 bridgehead atoms. The van der Waals surface area contributed by atoms with Gasteiger partial charge in [-0.25, -0.2) is 19.5 Å². The summed E-state index contributed by atoms with van der Waals surface area (Å²) >= 11 is 0. The summed E-state index contributed by atoms with van der Waals surface area (Å²) in [6, 6.07) is 5.15. The smallest absolute Gasteiger partial charge is 0.441 e. The van der Waals surface area contributed by atoms with Crippen LogP contribution in [0.4, 0.5) is 70.6 Å². The fourth-order valence-corrected chi connectivity index (χ4v) is 3.44. The normalized spacial score (nSPS) is 11.4. The van der Waals surface area contributed by atoms with Gasteiger partial charge in [-0.05, 0) is 59.7 Å². The molecule has 3 aromatic rings. The summed E-state index contributed by atoms with van der Waals surface area (Å²) in [4.78, 5) is 58.0. The molecule has 0 unspecified atom stereocenters. The molecule has 0 saturated heterocycles. The van der Waals surface area contributed by atoms with Gasteiger partial charge in [-0.1, -0.05) is 0 Å². The van der Waals surface area contributed by atoms with Gasteiger partial charge >= 0.3 is 30.7 Å². The Morgan fingerprint density at radius 2 is 0.933 bits per heavy atom. The van der Waals surface area contributed by atoms with Crippen LogP contribution in [0.3, 0.4) is 0 Å². The molecule has 0 atom stereocenters. The molecule has 0 aliphatic carbocycles. The third-order valence-corrected chi connectivity index (χ3v) is 5.69. The van der Waals surface area contributed by atoms with Gasteiger partial charge in [0.15, 0.2) is 11.5 Å². The molecule has 0 saturated carbocycles. The standard InChI is InChI=1S/C12H13F3N2O5.C7H3F4NO2.C7H5F3N2O3.C5H11NO3/c1-11(2,3)21-10(18)16-22-9-5-4-7(17(19)20)6-8(9)12(13,14)15;8-6-2-1-4(12(13)14)3-5(6)7(9,10)11;8-7(9,10)5-3-4(12(13)14)1-2-6(5)15-11;1-5(2,3)9-4(7)6-8/h4-6H,1-3H3,(H,16,18);1-3H;1-3H,11H2;8H,1-3H3,(H,6,7). The molecule has 5 N–H and O–H groups in total. The number of non-ortho nitro benzene ring substituents is 3. The average molecular weight is 887 g/mol. The Hall–Kier alpha value is -6.78. The molecule has 3 aromatic carbocycles. The number of alkyl halides is 9. The highest BCUT2D eigenvalue weighted by molar-refractivity contribution is 5.67. The van der Waals surface area contributed by atoms with Crippen LogP contribution in [0.1, 0.15) is 58.2 Å². The summed E-state index contributed by atoms with van der Waals surface area (Å²) < 4.78 is 134. The van der Waals surface area contributed by atoms with E-state index in [2.05, 4.69) is 20.3 Å². The first-order valence-electron chi connectivity index (χ1n) is 15.4. The predicted molar refractivity (Wildman–Crippen MR) is 180 cm³/mol. The first-order valence-corrected chi connectivity index (χ1v) is 15.4. The number of halogens is 10. The van der Waals surface area contributed by atoms with E-state index in [4.69, 9.17) is 9.94 Å². The van der Waals surface area contributed by atoms with E-state index in [1.807, 2.05) is 0 Å². The molecule has 0 aliphatic heterocycles. The van der Waals surface area contributed by atoms with E-state index in [0.29, 0.717) is 24.3 Å². The summed E-state index contributed by atoms with van der Waals surface area (Å²) in [5.41, 5.74) is -4.89. The average Bonchev–Trinajstić information content (AvgIpc) is 3.08. The van der Waals surface area contributed by atoms with E-state index in [9.17, 15) is 83.8 Å². The first-order chi connectivity index (χ1) is 27.0. The Labute approximate surface area is 329 Å². The van der Waals surface area contributed by atoms with Gasteiger partial charge < -0.3 is 19.1 Å². The zero-order valence-corrected chi connectivity index (χ0v) is 31.2. The summed E-state index contributed by atoms with van der Waals surface area (Å²) in [6.45, 7) is 9.80. The molecule has 0 aromatic heterocycles. The van der Waals surface area contributed by atoms with Crippen LogP contribution in [0.15, 0.2) is 54.6 Å². The van der Waals surface area contributed by atoms with Gasteiger partial charge in [0.25, 0.3) is 17.1 Å². The highest BCUT2D eigenvalue weighted by atomic mass is 19.4. The van der Waals surface area contributed by atoms with E-state index in [1.54, 1.807) is 47.0 Å². The molecule has 60 heavy (non-hydrogen) atoms.